The van der Waals surface area contributed by atoms with Crippen molar-refractivity contribution in [3.8, 4) is 28.7 Å². The molecule has 0 atom stereocenters. The van der Waals surface area contributed by atoms with Crippen LogP contribution in [0.1, 0.15) is 59.3 Å². The van der Waals surface area contributed by atoms with Gasteiger partial charge in [0, 0.05) is 43.2 Å². The quantitative estimate of drug-likeness (QED) is 0.201. The van der Waals surface area contributed by atoms with E-state index in [9.17, 15) is 18.3 Å². The van der Waals surface area contributed by atoms with Crippen molar-refractivity contribution in [1.82, 2.24) is 4.90 Å². The first-order valence-electron chi connectivity index (χ1n) is 15.3. The molecule has 1 aliphatic rings. The Bertz CT molecular complexity index is 1480. The molecule has 0 bridgehead atoms. The lowest BCUT2D eigenvalue weighted by Gasteiger charge is -2.39. The van der Waals surface area contributed by atoms with Crippen LogP contribution in [0.3, 0.4) is 0 Å². The van der Waals surface area contributed by atoms with Crippen molar-refractivity contribution in [1.29, 1.82) is 0 Å². The maximum atomic E-state index is 13.3. The molecule has 0 radical (unpaired) electrons. The molecule has 3 aromatic carbocycles. The number of ether oxygens (including phenoxy) is 3. The Morgan fingerprint density at radius 2 is 1.39 bits per heavy atom. The van der Waals surface area contributed by atoms with Crippen molar-refractivity contribution in [2.45, 2.75) is 69.8 Å². The maximum Gasteiger partial charge on any atom is 0.321 e. The Kier molecular flexibility index (Phi) is 11.2. The molecule has 0 spiro atoms. The van der Waals surface area contributed by atoms with E-state index in [0.717, 1.165) is 37.7 Å². The normalized spacial score (nSPS) is 14.7. The van der Waals surface area contributed by atoms with Crippen LogP contribution in [0.4, 0.5) is 10.5 Å². The van der Waals surface area contributed by atoms with E-state index in [1.807, 2.05) is 19.1 Å². The summed E-state index contributed by atoms with van der Waals surface area (Å²) >= 11 is 0. The van der Waals surface area contributed by atoms with Gasteiger partial charge in [-0.3, -0.25) is 0 Å². The lowest BCUT2D eigenvalue weighted by molar-refractivity contribution is -0.0309. The van der Waals surface area contributed by atoms with Crippen LogP contribution in [0.5, 0.6) is 28.7 Å². The van der Waals surface area contributed by atoms with Gasteiger partial charge in [-0.15, -0.1) is 0 Å². The van der Waals surface area contributed by atoms with Crippen LogP contribution in [-0.2, 0) is 9.84 Å². The molecular weight excluding hydrogens is 580 g/mol. The van der Waals surface area contributed by atoms with Crippen molar-refractivity contribution in [2.75, 3.05) is 31.3 Å². The van der Waals surface area contributed by atoms with Gasteiger partial charge in [0.15, 0.2) is 9.84 Å². The number of aliphatic hydroxyl groups is 1. The fourth-order valence-corrected chi connectivity index (χ4v) is 5.89. The van der Waals surface area contributed by atoms with E-state index in [4.69, 9.17) is 14.2 Å². The Morgan fingerprint density at radius 3 is 1.89 bits per heavy atom. The lowest BCUT2D eigenvalue weighted by atomic mass is 9.81. The molecule has 44 heavy (non-hydrogen) atoms. The van der Waals surface area contributed by atoms with Crippen LogP contribution in [0, 0.1) is 5.92 Å². The minimum atomic E-state index is -3.34. The van der Waals surface area contributed by atoms with Gasteiger partial charge in [-0.05, 0) is 80.1 Å². The Morgan fingerprint density at radius 1 is 0.864 bits per heavy atom. The number of benzene rings is 3. The number of sulfone groups is 1. The SMILES string of the molecule is CCCOc1ccc(Oc2cc(NC(=O)N3CCC(O)(CC(CC)CC)CC3)cc(Oc3ccc(S(C)(=O)=O)cc3)c2)cc1. The number of rotatable bonds is 13. The molecule has 10 heteroatoms. The van der Waals surface area contributed by atoms with Gasteiger partial charge in [0.05, 0.1) is 17.1 Å². The molecule has 1 heterocycles. The van der Waals surface area contributed by atoms with E-state index in [1.54, 1.807) is 47.4 Å². The summed E-state index contributed by atoms with van der Waals surface area (Å²) < 4.78 is 41.5. The van der Waals surface area contributed by atoms with Crippen LogP contribution in [0.15, 0.2) is 71.6 Å². The van der Waals surface area contributed by atoms with Gasteiger partial charge in [-0.25, -0.2) is 13.2 Å². The summed E-state index contributed by atoms with van der Waals surface area (Å²) in [7, 11) is -3.34. The van der Waals surface area contributed by atoms with Crippen molar-refractivity contribution in [2.24, 2.45) is 5.92 Å². The van der Waals surface area contributed by atoms with E-state index in [2.05, 4.69) is 19.2 Å². The van der Waals surface area contributed by atoms with E-state index in [-0.39, 0.29) is 10.9 Å². The summed E-state index contributed by atoms with van der Waals surface area (Å²) in [5.74, 6) is 3.06. The van der Waals surface area contributed by atoms with Gasteiger partial charge in [-0.2, -0.15) is 0 Å². The Hall–Kier alpha value is -3.76. The molecule has 238 valence electrons. The van der Waals surface area contributed by atoms with Crippen LogP contribution in [0.25, 0.3) is 0 Å². The molecular formula is C34H44N2O7S. The summed E-state index contributed by atoms with van der Waals surface area (Å²) in [5, 5.41) is 14.1. The van der Waals surface area contributed by atoms with Crippen molar-refractivity contribution >= 4 is 21.6 Å². The number of likely N-dealkylation sites (tertiary alicyclic amines) is 1. The molecule has 2 amide bonds. The molecule has 2 N–H and O–H groups in total. The summed E-state index contributed by atoms with van der Waals surface area (Å²) in [6.45, 7) is 7.89. The average molecular weight is 625 g/mol. The zero-order valence-corrected chi connectivity index (χ0v) is 26.9. The molecule has 1 aliphatic heterocycles. The third-order valence-corrected chi connectivity index (χ3v) is 9.08. The zero-order chi connectivity index (χ0) is 31.7. The number of carbonyl (C=O) groups is 1. The molecule has 3 aromatic rings. The van der Waals surface area contributed by atoms with Crippen LogP contribution in [-0.4, -0.2) is 56.0 Å². The first-order valence-corrected chi connectivity index (χ1v) is 17.2. The number of piperidine rings is 1. The van der Waals surface area contributed by atoms with Crippen molar-refractivity contribution in [3.63, 3.8) is 0 Å². The van der Waals surface area contributed by atoms with E-state index in [1.165, 1.54) is 12.1 Å². The Balaban J connectivity index is 1.50. The number of hydrogen-bond acceptors (Lipinski definition) is 7. The highest BCUT2D eigenvalue weighted by atomic mass is 32.2. The van der Waals surface area contributed by atoms with Gasteiger partial charge in [0.1, 0.15) is 28.7 Å². The van der Waals surface area contributed by atoms with Crippen molar-refractivity contribution < 1.29 is 32.5 Å². The van der Waals surface area contributed by atoms with E-state index in [0.29, 0.717) is 67.1 Å². The first kappa shape index (κ1) is 33.1. The van der Waals surface area contributed by atoms with Gasteiger partial charge in [0.2, 0.25) is 0 Å². The second kappa shape index (κ2) is 14.8. The summed E-state index contributed by atoms with van der Waals surface area (Å²) in [5.41, 5.74) is -0.275. The number of carbonyl (C=O) groups excluding carboxylic acids is 1. The van der Waals surface area contributed by atoms with Crippen LogP contribution < -0.4 is 19.5 Å². The van der Waals surface area contributed by atoms with Gasteiger partial charge in [0.25, 0.3) is 0 Å². The maximum absolute atomic E-state index is 13.3. The third-order valence-electron chi connectivity index (χ3n) is 7.96. The highest BCUT2D eigenvalue weighted by Gasteiger charge is 2.35. The smallest absolute Gasteiger partial charge is 0.321 e. The number of nitrogens with one attached hydrogen (secondary N) is 1. The molecule has 1 saturated heterocycles. The highest BCUT2D eigenvalue weighted by Crippen LogP contribution is 2.35. The highest BCUT2D eigenvalue weighted by molar-refractivity contribution is 7.90. The standard InChI is InChI=1S/C34H44N2O7S/c1-5-20-41-27-8-10-28(11-9-27)42-30-21-26(22-31(23-30)43-29-12-14-32(15-13-29)44(4,39)40)35-33(37)36-18-16-34(38,17-19-36)24-25(6-2)7-3/h8-15,21-23,25,38H,5-7,16-20,24H2,1-4H3,(H,35,37). The first-order chi connectivity index (χ1) is 21.0. The van der Waals surface area contributed by atoms with Crippen LogP contribution >= 0.6 is 0 Å². The number of amides is 2. The van der Waals surface area contributed by atoms with Gasteiger partial charge < -0.3 is 29.5 Å². The minimum Gasteiger partial charge on any atom is -0.494 e. The Labute approximate surface area is 261 Å². The lowest BCUT2D eigenvalue weighted by Crippen LogP contribution is -2.48. The number of anilines is 1. The second-order valence-corrected chi connectivity index (χ2v) is 13.5. The number of hydrogen-bond donors (Lipinski definition) is 2. The number of nitrogens with zero attached hydrogens (tertiary/aromatic N) is 1. The van der Waals surface area contributed by atoms with E-state index < -0.39 is 15.4 Å². The predicted molar refractivity (Wildman–Crippen MR) is 172 cm³/mol. The molecule has 1 fully saturated rings. The van der Waals surface area contributed by atoms with Crippen LogP contribution in [0.2, 0.25) is 0 Å². The molecule has 0 unspecified atom stereocenters. The molecule has 0 saturated carbocycles. The monoisotopic (exact) mass is 624 g/mol. The fourth-order valence-electron chi connectivity index (χ4n) is 5.26. The van der Waals surface area contributed by atoms with Gasteiger partial charge >= 0.3 is 6.03 Å². The summed E-state index contributed by atoms with van der Waals surface area (Å²) in [4.78, 5) is 15.2. The second-order valence-electron chi connectivity index (χ2n) is 11.5. The summed E-state index contributed by atoms with van der Waals surface area (Å²) in [6.07, 6.45) is 5.96. The topological polar surface area (TPSA) is 114 Å². The fraction of sp³-hybridized carbons (Fsp3) is 0.441. The largest absolute Gasteiger partial charge is 0.494 e. The van der Waals surface area contributed by atoms with Gasteiger partial charge in [-0.1, -0.05) is 33.6 Å². The third kappa shape index (κ3) is 9.37. The minimum absolute atomic E-state index is 0.189. The molecule has 4 rings (SSSR count). The molecule has 0 aromatic heterocycles. The molecule has 0 aliphatic carbocycles. The predicted octanol–water partition coefficient (Wildman–Crippen LogP) is 7.65. The average Bonchev–Trinajstić information content (AvgIpc) is 2.99. The molecule has 9 nitrogen and oxygen atoms in total. The summed E-state index contributed by atoms with van der Waals surface area (Å²) in [6, 6.07) is 18.2. The zero-order valence-electron chi connectivity index (χ0n) is 26.0. The van der Waals surface area contributed by atoms with E-state index >= 15 is 0 Å². The van der Waals surface area contributed by atoms with Crippen molar-refractivity contribution in [3.05, 3.63) is 66.7 Å². The number of urea groups is 1.